The number of H-pyrrole nitrogens is 1. The number of anilines is 1. The van der Waals surface area contributed by atoms with Gasteiger partial charge in [-0.1, -0.05) is 24.3 Å². The van der Waals surface area contributed by atoms with E-state index < -0.39 is 5.91 Å². The van der Waals surface area contributed by atoms with E-state index in [0.29, 0.717) is 18.1 Å². The van der Waals surface area contributed by atoms with Crippen LogP contribution in [0, 0.1) is 0 Å². The Morgan fingerprint density at radius 3 is 2.69 bits per heavy atom. The highest BCUT2D eigenvalue weighted by molar-refractivity contribution is 5.93. The van der Waals surface area contributed by atoms with Crippen molar-refractivity contribution in [2.75, 3.05) is 19.0 Å². The first-order valence-electron chi connectivity index (χ1n) is 10.3. The second kappa shape index (κ2) is 9.74. The Morgan fingerprint density at radius 1 is 1.06 bits per heavy atom. The van der Waals surface area contributed by atoms with Gasteiger partial charge in [0.05, 0.1) is 18.5 Å². The summed E-state index contributed by atoms with van der Waals surface area (Å²) in [5.41, 5.74) is 9.33. The number of ether oxygens (including phenoxy) is 1. The Bertz CT molecular complexity index is 1200. The number of hydrogen-bond acceptors (Lipinski definition) is 6. The minimum Gasteiger partial charge on any atom is -0.497 e. The van der Waals surface area contributed by atoms with Crippen LogP contribution in [-0.4, -0.2) is 39.5 Å². The fourth-order valence-electron chi connectivity index (χ4n) is 3.29. The van der Waals surface area contributed by atoms with E-state index in [-0.39, 0.29) is 0 Å². The lowest BCUT2D eigenvalue weighted by atomic mass is 10.1. The third-order valence-corrected chi connectivity index (χ3v) is 4.99. The highest BCUT2D eigenvalue weighted by atomic mass is 16.5. The molecule has 2 aromatic carbocycles. The molecule has 4 rings (SSSR count). The van der Waals surface area contributed by atoms with Crippen molar-refractivity contribution in [2.45, 2.75) is 12.8 Å². The summed E-state index contributed by atoms with van der Waals surface area (Å²) < 4.78 is 5.28. The van der Waals surface area contributed by atoms with E-state index in [1.165, 1.54) is 0 Å². The number of hydrogen-bond donors (Lipinski definition) is 3. The lowest BCUT2D eigenvalue weighted by Crippen LogP contribution is -2.10. The van der Waals surface area contributed by atoms with Gasteiger partial charge in [0.1, 0.15) is 11.6 Å². The van der Waals surface area contributed by atoms with Crippen molar-refractivity contribution in [3.63, 3.8) is 0 Å². The monoisotopic (exact) mass is 428 g/mol. The largest absolute Gasteiger partial charge is 0.497 e. The van der Waals surface area contributed by atoms with Crippen LogP contribution in [0.25, 0.3) is 22.5 Å². The number of imidazole rings is 1. The lowest BCUT2D eigenvalue weighted by Gasteiger charge is -2.07. The molecule has 8 nitrogen and oxygen atoms in total. The zero-order chi connectivity index (χ0) is 22.3. The Hall–Kier alpha value is -4.20. The summed E-state index contributed by atoms with van der Waals surface area (Å²) in [5, 5.41) is 3.25. The third kappa shape index (κ3) is 5.10. The van der Waals surface area contributed by atoms with Gasteiger partial charge in [-0.2, -0.15) is 0 Å². The SMILES string of the molecule is COc1cccc(-c2c[nH]c(CCCNc3nccc(-c4ccc(C(N)=O)cc4)n3)n2)c1. The van der Waals surface area contributed by atoms with Crippen molar-refractivity contribution in [3.8, 4) is 28.3 Å². The van der Waals surface area contributed by atoms with Crippen LogP contribution in [0.1, 0.15) is 22.6 Å². The normalized spacial score (nSPS) is 10.7. The van der Waals surface area contributed by atoms with Crippen LogP contribution in [0.4, 0.5) is 5.95 Å². The van der Waals surface area contributed by atoms with Gasteiger partial charge in [0.15, 0.2) is 0 Å². The summed E-state index contributed by atoms with van der Waals surface area (Å²) in [6.45, 7) is 0.708. The van der Waals surface area contributed by atoms with Gasteiger partial charge in [-0.15, -0.1) is 0 Å². The van der Waals surface area contributed by atoms with Gasteiger partial charge in [-0.25, -0.2) is 15.0 Å². The zero-order valence-electron chi connectivity index (χ0n) is 17.7. The number of methoxy groups -OCH3 is 1. The quantitative estimate of drug-likeness (QED) is 0.350. The third-order valence-electron chi connectivity index (χ3n) is 4.99. The summed E-state index contributed by atoms with van der Waals surface area (Å²) >= 11 is 0. The van der Waals surface area contributed by atoms with E-state index in [0.717, 1.165) is 46.9 Å². The van der Waals surface area contributed by atoms with Crippen LogP contribution in [0.5, 0.6) is 5.75 Å². The molecule has 0 bridgehead atoms. The van der Waals surface area contributed by atoms with E-state index in [9.17, 15) is 4.79 Å². The van der Waals surface area contributed by atoms with Crippen LogP contribution >= 0.6 is 0 Å². The molecule has 0 aliphatic rings. The number of nitrogens with zero attached hydrogens (tertiary/aromatic N) is 3. The Morgan fingerprint density at radius 2 is 1.91 bits per heavy atom. The van der Waals surface area contributed by atoms with Crippen molar-refractivity contribution < 1.29 is 9.53 Å². The summed E-state index contributed by atoms with van der Waals surface area (Å²) in [6.07, 6.45) is 5.28. The molecule has 0 saturated carbocycles. The van der Waals surface area contributed by atoms with Crippen LogP contribution in [0.2, 0.25) is 0 Å². The number of carbonyl (C=O) groups is 1. The number of benzene rings is 2. The van der Waals surface area contributed by atoms with Crippen molar-refractivity contribution in [2.24, 2.45) is 5.73 Å². The predicted molar refractivity (Wildman–Crippen MR) is 123 cm³/mol. The van der Waals surface area contributed by atoms with Gasteiger partial charge in [-0.05, 0) is 36.8 Å². The maximum atomic E-state index is 11.2. The Kier molecular flexibility index (Phi) is 6.41. The number of rotatable bonds is 9. The van der Waals surface area contributed by atoms with Crippen molar-refractivity contribution in [1.29, 1.82) is 0 Å². The number of aryl methyl sites for hydroxylation is 1. The molecular formula is C24H24N6O2. The predicted octanol–water partition coefficient (Wildman–Crippen LogP) is 3.69. The number of nitrogens with two attached hydrogens (primary N) is 1. The fraction of sp³-hybridized carbons (Fsp3) is 0.167. The highest BCUT2D eigenvalue weighted by Crippen LogP contribution is 2.22. The van der Waals surface area contributed by atoms with Crippen LogP contribution in [0.3, 0.4) is 0 Å². The van der Waals surface area contributed by atoms with Gasteiger partial charge in [0.2, 0.25) is 11.9 Å². The summed E-state index contributed by atoms with van der Waals surface area (Å²) in [4.78, 5) is 28.0. The van der Waals surface area contributed by atoms with Gasteiger partial charge >= 0.3 is 0 Å². The number of aromatic amines is 1. The van der Waals surface area contributed by atoms with Gasteiger partial charge < -0.3 is 20.8 Å². The standard InChI is InChI=1S/C24H24N6O2/c1-32-19-5-2-4-18(14-19)21-15-28-22(29-21)6-3-12-26-24-27-13-11-20(30-24)16-7-9-17(10-8-16)23(25)31/h2,4-5,7-11,13-15H,3,6,12H2,1H3,(H2,25,31)(H,28,29)(H,26,27,30). The number of amides is 1. The number of nitrogens with one attached hydrogen (secondary N) is 2. The van der Waals surface area contributed by atoms with E-state index in [1.807, 2.05) is 48.7 Å². The second-order valence-corrected chi connectivity index (χ2v) is 7.20. The first-order chi connectivity index (χ1) is 15.6. The first kappa shape index (κ1) is 21.0. The fourth-order valence-corrected chi connectivity index (χ4v) is 3.29. The van der Waals surface area contributed by atoms with Crippen LogP contribution in [-0.2, 0) is 6.42 Å². The van der Waals surface area contributed by atoms with Gasteiger partial charge in [0.25, 0.3) is 0 Å². The topological polar surface area (TPSA) is 119 Å². The first-order valence-corrected chi connectivity index (χ1v) is 10.3. The molecule has 2 aromatic heterocycles. The molecule has 0 unspecified atom stereocenters. The minimum absolute atomic E-state index is 0.450. The summed E-state index contributed by atoms with van der Waals surface area (Å²) in [7, 11) is 1.65. The number of aromatic nitrogens is 4. The molecule has 0 aliphatic carbocycles. The maximum absolute atomic E-state index is 11.2. The van der Waals surface area contributed by atoms with Crippen molar-refractivity contribution in [1.82, 2.24) is 19.9 Å². The molecule has 1 amide bonds. The average Bonchev–Trinajstić information content (AvgIpc) is 3.31. The van der Waals surface area contributed by atoms with Crippen LogP contribution in [0.15, 0.2) is 67.0 Å². The smallest absolute Gasteiger partial charge is 0.248 e. The molecule has 0 radical (unpaired) electrons. The van der Waals surface area contributed by atoms with Gasteiger partial charge in [0, 0.05) is 42.0 Å². The van der Waals surface area contributed by atoms with Crippen molar-refractivity contribution >= 4 is 11.9 Å². The van der Waals surface area contributed by atoms with Crippen LogP contribution < -0.4 is 15.8 Å². The van der Waals surface area contributed by atoms with E-state index in [4.69, 9.17) is 10.5 Å². The molecule has 0 spiro atoms. The molecule has 32 heavy (non-hydrogen) atoms. The lowest BCUT2D eigenvalue weighted by molar-refractivity contribution is 0.100. The average molecular weight is 428 g/mol. The number of carbonyl (C=O) groups excluding carboxylic acids is 1. The molecule has 4 aromatic rings. The molecule has 2 heterocycles. The second-order valence-electron chi connectivity index (χ2n) is 7.20. The van der Waals surface area contributed by atoms with E-state index in [1.54, 1.807) is 25.4 Å². The van der Waals surface area contributed by atoms with Gasteiger partial charge in [-0.3, -0.25) is 4.79 Å². The molecule has 4 N–H and O–H groups in total. The zero-order valence-corrected chi connectivity index (χ0v) is 17.7. The van der Waals surface area contributed by atoms with E-state index in [2.05, 4.69) is 25.3 Å². The molecule has 0 saturated heterocycles. The minimum atomic E-state index is -0.450. The van der Waals surface area contributed by atoms with Crippen molar-refractivity contribution in [3.05, 3.63) is 78.4 Å². The number of primary amides is 1. The van der Waals surface area contributed by atoms with E-state index >= 15 is 0 Å². The summed E-state index contributed by atoms with van der Waals surface area (Å²) in [6, 6.07) is 16.7. The molecule has 162 valence electrons. The summed E-state index contributed by atoms with van der Waals surface area (Å²) in [5.74, 6) is 1.84. The Labute approximate surface area is 185 Å². The molecule has 0 aliphatic heterocycles. The maximum Gasteiger partial charge on any atom is 0.248 e. The highest BCUT2D eigenvalue weighted by Gasteiger charge is 2.07. The Balaban J connectivity index is 1.31. The molecule has 0 fully saturated rings. The molecular weight excluding hydrogens is 404 g/mol. The molecule has 8 heteroatoms. The molecule has 0 atom stereocenters.